The molecule has 36 heavy (non-hydrogen) atoms. The van der Waals surface area contributed by atoms with E-state index in [1.54, 1.807) is 14.0 Å². The van der Waals surface area contributed by atoms with Gasteiger partial charge in [0.2, 0.25) is 0 Å². The highest BCUT2D eigenvalue weighted by molar-refractivity contribution is 8.14. The Balaban J connectivity index is 1.50. The molecule has 6 nitrogen and oxygen atoms in total. The molecule has 7 heteroatoms. The van der Waals surface area contributed by atoms with Gasteiger partial charge in [0.05, 0.1) is 25.0 Å². The number of hydrogen-bond donors (Lipinski definition) is 1. The van der Waals surface area contributed by atoms with Gasteiger partial charge in [-0.2, -0.15) is 0 Å². The fraction of sp³-hybridized carbons (Fsp3) is 0.207. The number of rotatable bonds is 8. The van der Waals surface area contributed by atoms with Crippen LogP contribution in [-0.2, 0) is 9.53 Å². The van der Waals surface area contributed by atoms with Gasteiger partial charge in [-0.1, -0.05) is 78.5 Å². The summed E-state index contributed by atoms with van der Waals surface area (Å²) < 4.78 is 10.5. The highest BCUT2D eigenvalue weighted by Crippen LogP contribution is 2.34. The summed E-state index contributed by atoms with van der Waals surface area (Å²) in [7, 11) is 1.60. The lowest BCUT2D eigenvalue weighted by molar-refractivity contribution is -0.138. The summed E-state index contributed by atoms with van der Waals surface area (Å²) in [5.74, 6) is 0.524. The fourth-order valence-electron chi connectivity index (χ4n) is 3.92. The molecule has 0 radical (unpaired) electrons. The Morgan fingerprint density at radius 1 is 0.944 bits per heavy atom. The van der Waals surface area contributed by atoms with Gasteiger partial charge in [0.25, 0.3) is 0 Å². The number of ketones is 1. The van der Waals surface area contributed by atoms with E-state index in [9.17, 15) is 9.59 Å². The first kappa shape index (κ1) is 25.3. The zero-order valence-electron chi connectivity index (χ0n) is 20.5. The van der Waals surface area contributed by atoms with Crippen molar-refractivity contribution >= 4 is 28.7 Å². The molecule has 0 aliphatic carbocycles. The molecule has 0 spiro atoms. The Morgan fingerprint density at radius 3 is 2.25 bits per heavy atom. The van der Waals surface area contributed by atoms with Gasteiger partial charge in [-0.3, -0.25) is 4.79 Å². The van der Waals surface area contributed by atoms with E-state index in [4.69, 9.17) is 14.5 Å². The topological polar surface area (TPSA) is 77.0 Å². The Hall–Kier alpha value is -3.84. The average Bonchev–Trinajstić information content (AvgIpc) is 2.92. The number of allylic oxidation sites excluding steroid dienone is 1. The van der Waals surface area contributed by atoms with E-state index in [1.807, 2.05) is 85.8 Å². The van der Waals surface area contributed by atoms with Gasteiger partial charge >= 0.3 is 5.97 Å². The first-order chi connectivity index (χ1) is 17.5. The van der Waals surface area contributed by atoms with E-state index in [0.29, 0.717) is 27.8 Å². The first-order valence-corrected chi connectivity index (χ1v) is 12.7. The number of carbonyl (C=O) groups excluding carboxylic acids is 2. The molecule has 1 atom stereocenters. The van der Waals surface area contributed by atoms with Crippen LogP contribution in [0.5, 0.6) is 5.75 Å². The molecule has 0 unspecified atom stereocenters. The predicted octanol–water partition coefficient (Wildman–Crippen LogP) is 5.82. The number of esters is 1. The third-order valence-corrected chi connectivity index (χ3v) is 6.69. The number of Topliss-reactive ketones (excluding diaryl/α,β-unsaturated/α-hetero) is 1. The molecule has 0 saturated carbocycles. The van der Waals surface area contributed by atoms with Crippen LogP contribution in [0.2, 0.25) is 0 Å². The van der Waals surface area contributed by atoms with Crippen molar-refractivity contribution in [2.45, 2.75) is 19.9 Å². The summed E-state index contributed by atoms with van der Waals surface area (Å²) in [6.45, 7) is 3.87. The Kier molecular flexibility index (Phi) is 8.23. The van der Waals surface area contributed by atoms with E-state index in [-0.39, 0.29) is 18.1 Å². The predicted molar refractivity (Wildman–Crippen MR) is 144 cm³/mol. The SMILES string of the molecule is CCOC(=O)C1=C(C)NC(SCC(=O)c2ccc(-c3ccccc3)cc2)=N[C@H]1c1ccc(OC)cc1. The maximum atomic E-state index is 12.9. The quantitative estimate of drug-likeness (QED) is 0.310. The molecule has 3 aromatic rings. The number of aliphatic imine (C=N–C) groups is 1. The summed E-state index contributed by atoms with van der Waals surface area (Å²) in [6, 6.07) is 24.6. The van der Waals surface area contributed by atoms with Crippen LogP contribution < -0.4 is 10.1 Å². The number of methoxy groups -OCH3 is 1. The van der Waals surface area contributed by atoms with Gasteiger partial charge in [0.15, 0.2) is 11.0 Å². The number of carbonyl (C=O) groups is 2. The highest BCUT2D eigenvalue weighted by atomic mass is 32.2. The Morgan fingerprint density at radius 2 is 1.61 bits per heavy atom. The Labute approximate surface area is 215 Å². The Bertz CT molecular complexity index is 1280. The van der Waals surface area contributed by atoms with Crippen LogP contribution in [0, 0.1) is 0 Å². The van der Waals surface area contributed by atoms with Crippen LogP contribution in [0.4, 0.5) is 0 Å². The average molecular weight is 501 g/mol. The van der Waals surface area contributed by atoms with Crippen LogP contribution >= 0.6 is 11.8 Å². The zero-order valence-corrected chi connectivity index (χ0v) is 21.3. The lowest BCUT2D eigenvalue weighted by atomic mass is 9.96. The maximum absolute atomic E-state index is 12.9. The molecular weight excluding hydrogens is 472 g/mol. The standard InChI is InChI=1S/C29H28N2O4S/c1-4-35-28(33)26-19(2)30-29(31-27(26)23-14-16-24(34-3)17-15-23)36-18-25(32)22-12-10-21(11-13-22)20-8-6-5-7-9-20/h5-17,27H,4,18H2,1-3H3,(H,30,31)/t27-/m0/s1. The summed E-state index contributed by atoms with van der Waals surface area (Å²) in [5.41, 5.74) is 4.76. The first-order valence-electron chi connectivity index (χ1n) is 11.7. The minimum atomic E-state index is -0.543. The highest BCUT2D eigenvalue weighted by Gasteiger charge is 2.30. The van der Waals surface area contributed by atoms with Gasteiger partial charge in [-0.25, -0.2) is 9.79 Å². The van der Waals surface area contributed by atoms with Crippen molar-refractivity contribution in [3.05, 3.63) is 101 Å². The number of ether oxygens (including phenoxy) is 2. The van der Waals surface area contributed by atoms with Gasteiger partial charge in [-0.05, 0) is 42.7 Å². The van der Waals surface area contributed by atoms with Gasteiger partial charge in [0.1, 0.15) is 11.8 Å². The third-order valence-electron chi connectivity index (χ3n) is 5.80. The van der Waals surface area contributed by atoms with E-state index in [1.165, 1.54) is 11.8 Å². The van der Waals surface area contributed by atoms with E-state index in [0.717, 1.165) is 16.7 Å². The second-order valence-electron chi connectivity index (χ2n) is 8.15. The zero-order chi connectivity index (χ0) is 25.5. The summed E-state index contributed by atoms with van der Waals surface area (Å²) in [5, 5.41) is 3.76. The summed E-state index contributed by atoms with van der Waals surface area (Å²) in [4.78, 5) is 30.4. The number of nitrogens with one attached hydrogen (secondary N) is 1. The van der Waals surface area contributed by atoms with E-state index in [2.05, 4.69) is 5.32 Å². The smallest absolute Gasteiger partial charge is 0.338 e. The van der Waals surface area contributed by atoms with Crippen LogP contribution in [0.3, 0.4) is 0 Å². The van der Waals surface area contributed by atoms with Crippen LogP contribution in [0.25, 0.3) is 11.1 Å². The van der Waals surface area contributed by atoms with Crippen LogP contribution in [0.15, 0.2) is 95.1 Å². The molecule has 0 bridgehead atoms. The molecule has 1 N–H and O–H groups in total. The van der Waals surface area contributed by atoms with Crippen LogP contribution in [0.1, 0.15) is 35.8 Å². The molecule has 1 aliphatic rings. The number of benzene rings is 3. The van der Waals surface area contributed by atoms with Crippen molar-refractivity contribution in [2.75, 3.05) is 19.5 Å². The van der Waals surface area contributed by atoms with Gasteiger partial charge < -0.3 is 14.8 Å². The normalized spacial score (nSPS) is 15.1. The third kappa shape index (κ3) is 5.86. The second-order valence-corrected chi connectivity index (χ2v) is 9.11. The number of hydrogen-bond acceptors (Lipinski definition) is 7. The molecule has 1 heterocycles. The molecule has 0 amide bonds. The van der Waals surface area contributed by atoms with E-state index < -0.39 is 12.0 Å². The molecule has 0 aromatic heterocycles. The van der Waals surface area contributed by atoms with Crippen molar-refractivity contribution in [3.8, 4) is 16.9 Å². The lowest BCUT2D eigenvalue weighted by Gasteiger charge is -2.25. The number of nitrogens with zero attached hydrogens (tertiary/aromatic N) is 1. The van der Waals surface area contributed by atoms with Gasteiger partial charge in [0, 0.05) is 11.3 Å². The minimum absolute atomic E-state index is 0.00271. The largest absolute Gasteiger partial charge is 0.497 e. The number of thioether (sulfide) groups is 1. The van der Waals surface area contributed by atoms with Crippen LogP contribution in [-0.4, -0.2) is 36.4 Å². The molecule has 184 valence electrons. The van der Waals surface area contributed by atoms with E-state index >= 15 is 0 Å². The molecule has 4 rings (SSSR count). The van der Waals surface area contributed by atoms with Gasteiger partial charge in [-0.15, -0.1) is 0 Å². The molecular formula is C29H28N2O4S. The number of amidine groups is 1. The molecule has 0 fully saturated rings. The minimum Gasteiger partial charge on any atom is -0.497 e. The second kappa shape index (κ2) is 11.7. The molecule has 3 aromatic carbocycles. The molecule has 1 aliphatic heterocycles. The summed E-state index contributed by atoms with van der Waals surface area (Å²) in [6.07, 6.45) is 0. The fourth-order valence-corrected chi connectivity index (χ4v) is 4.76. The monoisotopic (exact) mass is 500 g/mol. The molecule has 0 saturated heterocycles. The lowest BCUT2D eigenvalue weighted by Crippen LogP contribution is -2.31. The van der Waals surface area contributed by atoms with Crippen molar-refractivity contribution < 1.29 is 19.1 Å². The maximum Gasteiger partial charge on any atom is 0.338 e. The van der Waals surface area contributed by atoms with Crippen molar-refractivity contribution in [1.82, 2.24) is 5.32 Å². The van der Waals surface area contributed by atoms with Crippen molar-refractivity contribution in [1.29, 1.82) is 0 Å². The summed E-state index contributed by atoms with van der Waals surface area (Å²) >= 11 is 1.32. The van der Waals surface area contributed by atoms with Crippen molar-refractivity contribution in [2.24, 2.45) is 4.99 Å². The van der Waals surface area contributed by atoms with Crippen molar-refractivity contribution in [3.63, 3.8) is 0 Å².